The quantitative estimate of drug-likeness (QED) is 0.433. The van der Waals surface area contributed by atoms with Crippen molar-refractivity contribution in [3.63, 3.8) is 0 Å². The molecule has 0 spiro atoms. The lowest BCUT2D eigenvalue weighted by Gasteiger charge is -2.12. The largest absolute Gasteiger partial charge is 0.357 e. The van der Waals surface area contributed by atoms with Gasteiger partial charge in [0.15, 0.2) is 5.96 Å². The van der Waals surface area contributed by atoms with Crippen LogP contribution in [0.15, 0.2) is 22.5 Å². The summed E-state index contributed by atoms with van der Waals surface area (Å²) in [5.74, 6) is 1.33. The number of thiophene rings is 1. The molecule has 0 aliphatic carbocycles. The average Bonchev–Trinajstić information content (AvgIpc) is 2.93. The summed E-state index contributed by atoms with van der Waals surface area (Å²) in [6.07, 6.45) is 1.85. The maximum atomic E-state index is 11.1. The van der Waals surface area contributed by atoms with Crippen LogP contribution in [0.3, 0.4) is 0 Å². The van der Waals surface area contributed by atoms with Gasteiger partial charge in [-0.3, -0.25) is 4.99 Å². The molecule has 0 fully saturated rings. The molecule has 0 bridgehead atoms. The lowest BCUT2D eigenvalue weighted by molar-refractivity contribution is 0.598. The molecule has 2 N–H and O–H groups in total. The summed E-state index contributed by atoms with van der Waals surface area (Å²) in [5.41, 5.74) is 0. The highest BCUT2D eigenvalue weighted by molar-refractivity contribution is 7.90. The van der Waals surface area contributed by atoms with Crippen LogP contribution in [0, 0.1) is 0 Å². The molecule has 1 rings (SSSR count). The highest BCUT2D eigenvalue weighted by Crippen LogP contribution is 2.20. The van der Waals surface area contributed by atoms with E-state index in [-0.39, 0.29) is 5.75 Å². The molecule has 1 aromatic rings. The number of sulfone groups is 1. The van der Waals surface area contributed by atoms with Gasteiger partial charge in [0.1, 0.15) is 9.84 Å². The van der Waals surface area contributed by atoms with Crippen molar-refractivity contribution in [1.82, 2.24) is 10.6 Å². The van der Waals surface area contributed by atoms with E-state index < -0.39 is 9.84 Å². The van der Waals surface area contributed by atoms with Crippen LogP contribution >= 0.6 is 11.3 Å². The zero-order valence-corrected chi connectivity index (χ0v) is 14.6. The van der Waals surface area contributed by atoms with Crippen LogP contribution in [0.1, 0.15) is 31.1 Å². The van der Waals surface area contributed by atoms with Crippen LogP contribution in [0.2, 0.25) is 0 Å². The monoisotopic (exact) mass is 331 g/mol. The van der Waals surface area contributed by atoms with Crippen LogP contribution in [-0.4, -0.2) is 46.0 Å². The molecule has 0 aromatic carbocycles. The second-order valence-corrected chi connectivity index (χ2v) is 8.29. The van der Waals surface area contributed by atoms with Gasteiger partial charge in [-0.1, -0.05) is 13.0 Å². The minimum atomic E-state index is -2.89. The maximum Gasteiger partial charge on any atom is 0.191 e. The third-order valence-corrected chi connectivity index (χ3v) is 5.01. The SMILES string of the molecule is CCNC(=NCC(C)c1cccs1)NCCCS(C)(=O)=O. The molecule has 120 valence electrons. The Bertz CT molecular complexity index is 524. The van der Waals surface area contributed by atoms with Crippen LogP contribution in [0.4, 0.5) is 0 Å². The van der Waals surface area contributed by atoms with E-state index in [9.17, 15) is 8.42 Å². The zero-order valence-electron chi connectivity index (χ0n) is 12.9. The highest BCUT2D eigenvalue weighted by atomic mass is 32.2. The Morgan fingerprint density at radius 3 is 2.76 bits per heavy atom. The van der Waals surface area contributed by atoms with Gasteiger partial charge in [-0.15, -0.1) is 11.3 Å². The Morgan fingerprint density at radius 2 is 2.19 bits per heavy atom. The number of nitrogens with one attached hydrogen (secondary N) is 2. The molecule has 5 nitrogen and oxygen atoms in total. The molecule has 1 heterocycles. The Balaban J connectivity index is 2.42. The van der Waals surface area contributed by atoms with Gasteiger partial charge in [0.25, 0.3) is 0 Å². The lowest BCUT2D eigenvalue weighted by Crippen LogP contribution is -2.38. The lowest BCUT2D eigenvalue weighted by atomic mass is 10.1. The van der Waals surface area contributed by atoms with Gasteiger partial charge in [0.2, 0.25) is 0 Å². The van der Waals surface area contributed by atoms with E-state index >= 15 is 0 Å². The number of guanidine groups is 1. The molecule has 0 radical (unpaired) electrons. The molecule has 21 heavy (non-hydrogen) atoms. The summed E-state index contributed by atoms with van der Waals surface area (Å²) in [6, 6.07) is 4.17. The number of rotatable bonds is 8. The minimum absolute atomic E-state index is 0.199. The van der Waals surface area contributed by atoms with Crippen molar-refractivity contribution >= 4 is 27.1 Å². The maximum absolute atomic E-state index is 11.1. The van der Waals surface area contributed by atoms with Crippen molar-refractivity contribution in [2.75, 3.05) is 31.6 Å². The second kappa shape index (κ2) is 9.04. The first-order valence-corrected chi connectivity index (χ1v) is 10.1. The van der Waals surface area contributed by atoms with E-state index in [1.54, 1.807) is 11.3 Å². The van der Waals surface area contributed by atoms with E-state index in [1.165, 1.54) is 11.1 Å². The summed E-state index contributed by atoms with van der Waals surface area (Å²) >= 11 is 1.74. The van der Waals surface area contributed by atoms with Gasteiger partial charge >= 0.3 is 0 Å². The molecule has 1 aromatic heterocycles. The van der Waals surface area contributed by atoms with Gasteiger partial charge in [-0.2, -0.15) is 0 Å². The molecule has 1 unspecified atom stereocenters. The first-order chi connectivity index (χ1) is 9.92. The predicted molar refractivity (Wildman–Crippen MR) is 91.0 cm³/mol. The fourth-order valence-corrected chi connectivity index (χ4v) is 3.22. The van der Waals surface area contributed by atoms with Crippen molar-refractivity contribution < 1.29 is 8.42 Å². The molecule has 0 amide bonds. The van der Waals surface area contributed by atoms with Crippen molar-refractivity contribution in [1.29, 1.82) is 0 Å². The van der Waals surface area contributed by atoms with E-state index in [0.717, 1.165) is 12.5 Å². The summed E-state index contributed by atoms with van der Waals surface area (Å²) < 4.78 is 22.2. The molecular weight excluding hydrogens is 306 g/mol. The standard InChI is InChI=1S/C14H25N3O2S2/c1-4-15-14(16-8-6-10-21(3,18)19)17-11-12(2)13-7-5-9-20-13/h5,7,9,12H,4,6,8,10-11H2,1-3H3,(H2,15,16,17). The summed E-state index contributed by atoms with van der Waals surface area (Å²) in [4.78, 5) is 5.88. The van der Waals surface area contributed by atoms with E-state index in [2.05, 4.69) is 40.1 Å². The molecule has 0 saturated heterocycles. The van der Waals surface area contributed by atoms with Crippen molar-refractivity contribution in [3.8, 4) is 0 Å². The Kier molecular flexibility index (Phi) is 7.74. The fraction of sp³-hybridized carbons (Fsp3) is 0.643. The van der Waals surface area contributed by atoms with Crippen LogP contribution in [0.5, 0.6) is 0 Å². The number of nitrogens with zero attached hydrogens (tertiary/aromatic N) is 1. The predicted octanol–water partition coefficient (Wildman–Crippen LogP) is 1.84. The van der Waals surface area contributed by atoms with Crippen molar-refractivity contribution in [3.05, 3.63) is 22.4 Å². The molecular formula is C14H25N3O2S2. The Hall–Kier alpha value is -1.08. The number of aliphatic imine (C=N–C) groups is 1. The van der Waals surface area contributed by atoms with Gasteiger partial charge < -0.3 is 10.6 Å². The molecule has 0 aliphatic heterocycles. The van der Waals surface area contributed by atoms with Gasteiger partial charge in [-0.05, 0) is 24.8 Å². The topological polar surface area (TPSA) is 70.6 Å². The van der Waals surface area contributed by atoms with Gasteiger partial charge in [0, 0.05) is 30.1 Å². The van der Waals surface area contributed by atoms with Gasteiger partial charge in [0.05, 0.1) is 12.3 Å². The third kappa shape index (κ3) is 8.06. The van der Waals surface area contributed by atoms with Crippen molar-refractivity contribution in [2.24, 2.45) is 4.99 Å². The summed E-state index contributed by atoms with van der Waals surface area (Å²) in [6.45, 7) is 6.26. The first-order valence-electron chi connectivity index (χ1n) is 7.15. The van der Waals surface area contributed by atoms with Gasteiger partial charge in [-0.25, -0.2) is 8.42 Å². The molecule has 1 atom stereocenters. The van der Waals surface area contributed by atoms with Crippen LogP contribution in [-0.2, 0) is 9.84 Å². The zero-order chi connectivity index (χ0) is 15.7. The fourth-order valence-electron chi connectivity index (χ4n) is 1.77. The third-order valence-electron chi connectivity index (χ3n) is 2.88. The summed E-state index contributed by atoms with van der Waals surface area (Å²) in [5, 5.41) is 8.42. The number of hydrogen-bond acceptors (Lipinski definition) is 4. The molecule has 0 saturated carbocycles. The summed E-state index contributed by atoms with van der Waals surface area (Å²) in [7, 11) is -2.89. The molecule has 0 aliphatic rings. The van der Waals surface area contributed by atoms with Crippen molar-refractivity contribution in [2.45, 2.75) is 26.2 Å². The highest BCUT2D eigenvalue weighted by Gasteiger charge is 2.07. The Labute approximate surface area is 131 Å². The van der Waals surface area contributed by atoms with Crippen LogP contribution in [0.25, 0.3) is 0 Å². The smallest absolute Gasteiger partial charge is 0.191 e. The van der Waals surface area contributed by atoms with E-state index in [0.29, 0.717) is 25.4 Å². The van der Waals surface area contributed by atoms with E-state index in [4.69, 9.17) is 0 Å². The first kappa shape index (κ1) is 18.0. The average molecular weight is 332 g/mol. The normalized spacial score (nSPS) is 14.0. The molecule has 7 heteroatoms. The van der Waals surface area contributed by atoms with E-state index in [1.807, 2.05) is 6.92 Å². The number of hydrogen-bond donors (Lipinski definition) is 2. The second-order valence-electron chi connectivity index (χ2n) is 5.05. The Morgan fingerprint density at radius 1 is 1.43 bits per heavy atom. The van der Waals surface area contributed by atoms with Crippen LogP contribution < -0.4 is 10.6 Å². The minimum Gasteiger partial charge on any atom is -0.357 e.